The van der Waals surface area contributed by atoms with Crippen LogP contribution in [0.15, 0.2) is 84.0 Å². The van der Waals surface area contributed by atoms with Crippen LogP contribution in [-0.2, 0) is 4.79 Å². The lowest BCUT2D eigenvalue weighted by molar-refractivity contribution is -0.122. The number of rotatable bonds is 6. The second kappa shape index (κ2) is 9.14. The van der Waals surface area contributed by atoms with E-state index >= 15 is 0 Å². The number of carbonyl (C=O) groups excluding carboxylic acids is 2. The molecular formula is C25H22ClN3O2. The average molecular weight is 432 g/mol. The maximum absolute atomic E-state index is 12.4. The van der Waals surface area contributed by atoms with Crippen molar-refractivity contribution in [3.8, 4) is 0 Å². The van der Waals surface area contributed by atoms with Gasteiger partial charge in [0.05, 0.1) is 5.71 Å². The zero-order chi connectivity index (χ0) is 21.8. The third-order valence-corrected chi connectivity index (χ3v) is 5.61. The zero-order valence-electron chi connectivity index (χ0n) is 17.0. The Morgan fingerprint density at radius 1 is 0.903 bits per heavy atom. The van der Waals surface area contributed by atoms with Gasteiger partial charge in [-0.15, -0.1) is 0 Å². The summed E-state index contributed by atoms with van der Waals surface area (Å²) in [5.41, 5.74) is 6.64. The Morgan fingerprint density at radius 3 is 2.23 bits per heavy atom. The Kier molecular flexibility index (Phi) is 6.14. The van der Waals surface area contributed by atoms with Crippen LogP contribution in [0.3, 0.4) is 0 Å². The van der Waals surface area contributed by atoms with E-state index in [-0.39, 0.29) is 23.7 Å². The predicted molar refractivity (Wildman–Crippen MR) is 123 cm³/mol. The Bertz CT molecular complexity index is 1110. The third kappa shape index (κ3) is 5.19. The molecule has 2 amide bonds. The molecule has 156 valence electrons. The van der Waals surface area contributed by atoms with Crippen LogP contribution < -0.4 is 10.7 Å². The summed E-state index contributed by atoms with van der Waals surface area (Å²) in [7, 11) is 0. The molecule has 0 bridgehead atoms. The lowest BCUT2D eigenvalue weighted by atomic mass is 10.1. The molecule has 5 nitrogen and oxygen atoms in total. The van der Waals surface area contributed by atoms with Gasteiger partial charge in [0, 0.05) is 22.2 Å². The van der Waals surface area contributed by atoms with Crippen LogP contribution in [0.2, 0.25) is 5.02 Å². The van der Waals surface area contributed by atoms with Crippen molar-refractivity contribution in [3.05, 3.63) is 101 Å². The van der Waals surface area contributed by atoms with E-state index < -0.39 is 0 Å². The molecular weight excluding hydrogens is 410 g/mol. The summed E-state index contributed by atoms with van der Waals surface area (Å²) in [4.78, 5) is 24.7. The summed E-state index contributed by atoms with van der Waals surface area (Å²) in [6.45, 7) is 1.84. The summed E-state index contributed by atoms with van der Waals surface area (Å²) >= 11 is 5.86. The van der Waals surface area contributed by atoms with Crippen LogP contribution >= 0.6 is 11.6 Å². The molecule has 0 heterocycles. The van der Waals surface area contributed by atoms with Gasteiger partial charge in [0.2, 0.25) is 5.91 Å². The molecule has 1 fully saturated rings. The SMILES string of the molecule is C/C(=N/NC(=O)C1CC1c1ccccc1)c1ccc(NC(=O)c2ccc(Cl)cc2)cc1. The maximum atomic E-state index is 12.4. The molecule has 0 aliphatic heterocycles. The van der Waals surface area contributed by atoms with Gasteiger partial charge in [-0.1, -0.05) is 54.1 Å². The molecule has 2 N–H and O–H groups in total. The molecule has 3 aromatic carbocycles. The summed E-state index contributed by atoms with van der Waals surface area (Å²) in [6, 6.07) is 24.1. The number of benzene rings is 3. The van der Waals surface area contributed by atoms with Gasteiger partial charge < -0.3 is 5.32 Å². The summed E-state index contributed by atoms with van der Waals surface area (Å²) in [6.07, 6.45) is 0.854. The highest BCUT2D eigenvalue weighted by Gasteiger charge is 2.43. The third-order valence-electron chi connectivity index (χ3n) is 5.36. The second-order valence-electron chi connectivity index (χ2n) is 7.57. The smallest absolute Gasteiger partial charge is 0.255 e. The zero-order valence-corrected chi connectivity index (χ0v) is 17.8. The van der Waals surface area contributed by atoms with Crippen LogP contribution in [0.25, 0.3) is 0 Å². The molecule has 0 aromatic heterocycles. The molecule has 1 saturated carbocycles. The number of hydrogen-bond acceptors (Lipinski definition) is 3. The van der Waals surface area contributed by atoms with Crippen molar-refractivity contribution in [1.82, 2.24) is 5.43 Å². The lowest BCUT2D eigenvalue weighted by Crippen LogP contribution is -2.21. The fourth-order valence-corrected chi connectivity index (χ4v) is 3.57. The fourth-order valence-electron chi connectivity index (χ4n) is 3.44. The number of nitrogens with zero attached hydrogens (tertiary/aromatic N) is 1. The molecule has 31 heavy (non-hydrogen) atoms. The molecule has 6 heteroatoms. The molecule has 0 radical (unpaired) electrons. The van der Waals surface area contributed by atoms with Crippen LogP contribution in [0.5, 0.6) is 0 Å². The number of amides is 2. The average Bonchev–Trinajstić information content (AvgIpc) is 3.60. The number of nitrogens with one attached hydrogen (secondary N) is 2. The van der Waals surface area contributed by atoms with Gasteiger partial charge in [0.1, 0.15) is 0 Å². The predicted octanol–water partition coefficient (Wildman–Crippen LogP) is 5.24. The van der Waals surface area contributed by atoms with Gasteiger partial charge in [-0.25, -0.2) is 5.43 Å². The normalized spacial score (nSPS) is 17.7. The molecule has 1 aliphatic carbocycles. The van der Waals surface area contributed by atoms with Gasteiger partial charge in [-0.05, 0) is 66.8 Å². The number of hydrogen-bond donors (Lipinski definition) is 2. The van der Waals surface area contributed by atoms with E-state index in [2.05, 4.69) is 28.0 Å². The highest BCUT2D eigenvalue weighted by molar-refractivity contribution is 6.30. The van der Waals surface area contributed by atoms with E-state index in [9.17, 15) is 9.59 Å². The Balaban J connectivity index is 1.32. The number of anilines is 1. The van der Waals surface area contributed by atoms with Crippen LogP contribution in [-0.4, -0.2) is 17.5 Å². The van der Waals surface area contributed by atoms with E-state index in [1.807, 2.05) is 37.3 Å². The summed E-state index contributed by atoms with van der Waals surface area (Å²) in [5, 5.41) is 7.68. The minimum Gasteiger partial charge on any atom is -0.322 e. The molecule has 1 aliphatic rings. The molecule has 3 aromatic rings. The van der Waals surface area contributed by atoms with Crippen molar-refractivity contribution < 1.29 is 9.59 Å². The van der Waals surface area contributed by atoms with Gasteiger partial charge >= 0.3 is 0 Å². The Hall–Kier alpha value is -3.44. The molecule has 0 spiro atoms. The second-order valence-corrected chi connectivity index (χ2v) is 8.01. The maximum Gasteiger partial charge on any atom is 0.255 e. The lowest BCUT2D eigenvalue weighted by Gasteiger charge is -2.07. The standard InChI is InChI=1S/C25H22ClN3O2/c1-16(28-29-25(31)23-15-22(23)18-5-3-2-4-6-18)17-9-13-21(14-10-17)27-24(30)19-7-11-20(26)12-8-19/h2-14,22-23H,15H2,1H3,(H,27,30)(H,29,31)/b28-16-. The summed E-state index contributed by atoms with van der Waals surface area (Å²) < 4.78 is 0. The van der Waals surface area contributed by atoms with Crippen LogP contribution in [0.1, 0.15) is 40.7 Å². The Morgan fingerprint density at radius 2 is 1.55 bits per heavy atom. The number of carbonyl (C=O) groups is 2. The van der Waals surface area contributed by atoms with Crippen LogP contribution in [0.4, 0.5) is 5.69 Å². The molecule has 4 rings (SSSR count). The number of halogens is 1. The first-order chi connectivity index (χ1) is 15.0. The van der Waals surface area contributed by atoms with Crippen molar-refractivity contribution in [3.63, 3.8) is 0 Å². The highest BCUT2D eigenvalue weighted by Crippen LogP contribution is 2.47. The van der Waals surface area contributed by atoms with E-state index in [0.717, 1.165) is 12.0 Å². The van der Waals surface area contributed by atoms with E-state index in [4.69, 9.17) is 11.6 Å². The van der Waals surface area contributed by atoms with Crippen molar-refractivity contribution in [2.75, 3.05) is 5.32 Å². The van der Waals surface area contributed by atoms with Gasteiger partial charge in [-0.3, -0.25) is 9.59 Å². The van der Waals surface area contributed by atoms with E-state index in [1.165, 1.54) is 5.56 Å². The largest absolute Gasteiger partial charge is 0.322 e. The Labute approximate surface area is 186 Å². The molecule has 2 unspecified atom stereocenters. The van der Waals surface area contributed by atoms with E-state index in [0.29, 0.717) is 22.0 Å². The van der Waals surface area contributed by atoms with Gasteiger partial charge in [-0.2, -0.15) is 5.10 Å². The minimum absolute atomic E-state index is 0.0237. The van der Waals surface area contributed by atoms with Crippen molar-refractivity contribution in [2.24, 2.45) is 11.0 Å². The first kappa shape index (κ1) is 20.8. The first-order valence-corrected chi connectivity index (χ1v) is 10.5. The minimum atomic E-state index is -0.209. The quantitative estimate of drug-likeness (QED) is 0.414. The van der Waals surface area contributed by atoms with Crippen molar-refractivity contribution in [1.29, 1.82) is 0 Å². The van der Waals surface area contributed by atoms with E-state index in [1.54, 1.807) is 36.4 Å². The van der Waals surface area contributed by atoms with Crippen molar-refractivity contribution >= 4 is 34.8 Å². The monoisotopic (exact) mass is 431 g/mol. The van der Waals surface area contributed by atoms with Gasteiger partial charge in [0.25, 0.3) is 5.91 Å². The fraction of sp³-hybridized carbons (Fsp3) is 0.160. The summed E-state index contributed by atoms with van der Waals surface area (Å²) in [5.74, 6) is -0.0100. The van der Waals surface area contributed by atoms with Gasteiger partial charge in [0.15, 0.2) is 0 Å². The topological polar surface area (TPSA) is 70.6 Å². The first-order valence-electron chi connectivity index (χ1n) is 10.1. The van der Waals surface area contributed by atoms with Crippen molar-refractivity contribution in [2.45, 2.75) is 19.3 Å². The molecule has 0 saturated heterocycles. The van der Waals surface area contributed by atoms with Crippen LogP contribution in [0, 0.1) is 5.92 Å². The molecule has 2 atom stereocenters. The highest BCUT2D eigenvalue weighted by atomic mass is 35.5. The number of hydrazone groups is 1.